The van der Waals surface area contributed by atoms with Crippen molar-refractivity contribution in [1.29, 1.82) is 0 Å². The maximum Gasteiger partial charge on any atom is 0.200 e. The van der Waals surface area contributed by atoms with Crippen molar-refractivity contribution in [3.8, 4) is 22.3 Å². The molecule has 10 aromatic rings. The van der Waals surface area contributed by atoms with Crippen molar-refractivity contribution in [1.82, 2.24) is 0 Å². The van der Waals surface area contributed by atoms with Gasteiger partial charge in [-0.25, -0.2) is 0 Å². The zero-order valence-electron chi connectivity index (χ0n) is 37.4. The van der Waals surface area contributed by atoms with E-state index in [1.807, 2.05) is 11.3 Å². The second-order valence-corrected chi connectivity index (χ2v) is 21.3. The molecule has 0 fully saturated rings. The predicted molar refractivity (Wildman–Crippen MR) is 276 cm³/mol. The average molecular weight is 855 g/mol. The van der Waals surface area contributed by atoms with Gasteiger partial charge in [-0.2, -0.15) is 0 Å². The monoisotopic (exact) mass is 854 g/mol. The van der Waals surface area contributed by atoms with Gasteiger partial charge in [-0.15, -0.1) is 11.3 Å². The van der Waals surface area contributed by atoms with E-state index in [1.165, 1.54) is 99.3 Å². The zero-order valence-corrected chi connectivity index (χ0v) is 38.2. The normalized spacial score (nSPS) is 16.5. The van der Waals surface area contributed by atoms with Crippen LogP contribution in [0.15, 0.2) is 162 Å². The van der Waals surface area contributed by atoms with Gasteiger partial charge in [0.2, 0.25) is 7.28 Å². The summed E-state index contributed by atoms with van der Waals surface area (Å²) >= 11 is 1.92. The van der Waals surface area contributed by atoms with Crippen molar-refractivity contribution < 1.29 is 4.42 Å². The van der Waals surface area contributed by atoms with Crippen molar-refractivity contribution in [3.05, 3.63) is 197 Å². The van der Waals surface area contributed by atoms with Gasteiger partial charge in [0.15, 0.2) is 5.58 Å². The highest BCUT2D eigenvalue weighted by Gasteiger charge is 2.51. The van der Waals surface area contributed by atoms with Gasteiger partial charge in [-0.1, -0.05) is 155 Å². The molecule has 0 atom stereocenters. The number of rotatable bonds is 2. The molecule has 5 heteroatoms. The number of hydrogen-bond donors (Lipinski definition) is 1. The molecule has 4 aliphatic rings. The molecule has 2 aromatic heterocycles. The summed E-state index contributed by atoms with van der Waals surface area (Å²) < 4.78 is 8.48. The van der Waals surface area contributed by atoms with Crippen LogP contribution in [-0.2, 0) is 16.2 Å². The second-order valence-electron chi connectivity index (χ2n) is 20.3. The minimum absolute atomic E-state index is 0.0456. The van der Waals surface area contributed by atoms with Crippen molar-refractivity contribution in [2.24, 2.45) is 0 Å². The highest BCUT2D eigenvalue weighted by atomic mass is 32.1. The summed E-state index contributed by atoms with van der Waals surface area (Å²) in [6, 6.07) is 59.4. The summed E-state index contributed by atoms with van der Waals surface area (Å²) in [7, 11) is 0.785. The fraction of sp³-hybridized carbons (Fsp3) is 0.167. The Morgan fingerprint density at radius 2 is 1.17 bits per heavy atom. The first-order valence-corrected chi connectivity index (χ1v) is 24.1. The van der Waals surface area contributed by atoms with Gasteiger partial charge in [0, 0.05) is 26.7 Å². The first-order chi connectivity index (χ1) is 31.6. The molecule has 0 amide bonds. The van der Waals surface area contributed by atoms with Gasteiger partial charge < -0.3 is 9.73 Å². The van der Waals surface area contributed by atoms with Crippen LogP contribution < -0.4 is 21.1 Å². The first-order valence-electron chi connectivity index (χ1n) is 23.3. The molecule has 0 radical (unpaired) electrons. The van der Waals surface area contributed by atoms with Crippen LogP contribution in [0.25, 0.3) is 54.3 Å². The highest BCUT2D eigenvalue weighted by Crippen LogP contribution is 2.62. The van der Waals surface area contributed by atoms with Crippen LogP contribution in [0.5, 0.6) is 0 Å². The Balaban J connectivity index is 1.11. The highest BCUT2D eigenvalue weighted by molar-refractivity contribution is 7.25. The molecule has 1 spiro atoms. The molecule has 14 rings (SSSR count). The summed E-state index contributed by atoms with van der Waals surface area (Å²) in [5, 5.41) is 9.01. The molecule has 0 unspecified atom stereocenters. The van der Waals surface area contributed by atoms with E-state index in [4.69, 9.17) is 4.42 Å². The SMILES string of the molecule is Cc1cc2c(cc1N1c3sc4ccccc4c3Bc3c(-c4cccc5c4Nc4ccccc4C54c5ccccc5-c5ccccc54)cc4c(oc5ccccc54)c31)C(C)(C)CCC2(C)C. The second kappa shape index (κ2) is 12.9. The summed E-state index contributed by atoms with van der Waals surface area (Å²) in [5.74, 6) is 0. The summed E-state index contributed by atoms with van der Waals surface area (Å²) in [6.07, 6.45) is 2.34. The molecule has 0 bridgehead atoms. The minimum Gasteiger partial charge on any atom is -0.454 e. The standard InChI is InChI=1S/C60H47BN2OS/c1-34-31-46-47(59(4,5)30-29-58(46,2)3)33-49(34)63-55-52(61-53-39-20-9-15-28-51(39)65-57(53)63)40(32-41-37-19-8-14-27-50(37)64-56(41)55)38-21-16-25-45-54(38)62-48-26-13-12-24-44(48)60(45)42-22-10-6-17-35(42)36-18-7-11-23-43(36)60/h6-28,31-33,61-62H,29-30H2,1-5H3. The molecule has 312 valence electrons. The number of anilines is 5. The molecule has 2 aliphatic heterocycles. The third kappa shape index (κ3) is 4.87. The first kappa shape index (κ1) is 37.5. The van der Waals surface area contributed by atoms with Gasteiger partial charge in [-0.3, -0.25) is 4.90 Å². The quantitative estimate of drug-likeness (QED) is 0.176. The number of benzene rings is 8. The zero-order chi connectivity index (χ0) is 43.6. The van der Waals surface area contributed by atoms with E-state index in [1.54, 1.807) is 0 Å². The van der Waals surface area contributed by atoms with E-state index >= 15 is 0 Å². The number of furan rings is 1. The van der Waals surface area contributed by atoms with Crippen LogP contribution in [-0.4, -0.2) is 7.28 Å². The lowest BCUT2D eigenvalue weighted by atomic mass is 9.58. The predicted octanol–water partition coefficient (Wildman–Crippen LogP) is 14.7. The van der Waals surface area contributed by atoms with Gasteiger partial charge in [0.25, 0.3) is 0 Å². The van der Waals surface area contributed by atoms with E-state index in [-0.39, 0.29) is 10.8 Å². The molecule has 8 aromatic carbocycles. The Morgan fingerprint density at radius 3 is 1.94 bits per heavy atom. The molecular weight excluding hydrogens is 808 g/mol. The number of hydrogen-bond acceptors (Lipinski definition) is 4. The Labute approximate surface area is 384 Å². The Bertz CT molecular complexity index is 3670. The van der Waals surface area contributed by atoms with Crippen molar-refractivity contribution >= 4 is 89.3 Å². The van der Waals surface area contributed by atoms with Gasteiger partial charge in [0.05, 0.1) is 27.5 Å². The van der Waals surface area contributed by atoms with E-state index in [2.05, 4.69) is 203 Å². The fourth-order valence-corrected chi connectivity index (χ4v) is 13.9. The van der Waals surface area contributed by atoms with Gasteiger partial charge in [0.1, 0.15) is 5.58 Å². The molecule has 1 N–H and O–H groups in total. The molecule has 4 heterocycles. The van der Waals surface area contributed by atoms with Crippen molar-refractivity contribution in [2.75, 3.05) is 10.2 Å². The lowest BCUT2D eigenvalue weighted by Crippen LogP contribution is -2.41. The van der Waals surface area contributed by atoms with E-state index in [0.29, 0.717) is 0 Å². The summed E-state index contributed by atoms with van der Waals surface area (Å²) in [5.41, 5.74) is 23.4. The van der Waals surface area contributed by atoms with Crippen molar-refractivity contribution in [3.63, 3.8) is 0 Å². The van der Waals surface area contributed by atoms with Crippen LogP contribution in [0.4, 0.5) is 27.8 Å². The lowest BCUT2D eigenvalue weighted by Gasteiger charge is -2.43. The van der Waals surface area contributed by atoms with Crippen molar-refractivity contribution in [2.45, 2.75) is 63.7 Å². The van der Waals surface area contributed by atoms with Crippen LogP contribution in [0.3, 0.4) is 0 Å². The smallest absolute Gasteiger partial charge is 0.200 e. The largest absolute Gasteiger partial charge is 0.454 e. The van der Waals surface area contributed by atoms with E-state index < -0.39 is 5.41 Å². The van der Waals surface area contributed by atoms with Gasteiger partial charge in [-0.05, 0) is 133 Å². The molecule has 0 saturated carbocycles. The number of nitrogens with zero attached hydrogens (tertiary/aromatic N) is 1. The molecule has 65 heavy (non-hydrogen) atoms. The van der Waals surface area contributed by atoms with Crippen LogP contribution in [0.2, 0.25) is 0 Å². The molecule has 0 saturated heterocycles. The third-order valence-electron chi connectivity index (χ3n) is 15.9. The Kier molecular flexibility index (Phi) is 7.47. The number of fused-ring (bicyclic) bond motifs is 18. The topological polar surface area (TPSA) is 28.4 Å². The third-order valence-corrected chi connectivity index (χ3v) is 17.1. The average Bonchev–Trinajstić information content (AvgIpc) is 3.98. The van der Waals surface area contributed by atoms with Crippen LogP contribution in [0, 0.1) is 6.92 Å². The fourth-order valence-electron chi connectivity index (χ4n) is 12.7. The summed E-state index contributed by atoms with van der Waals surface area (Å²) in [6.45, 7) is 12.1. The number of para-hydroxylation sites is 3. The number of thiophene rings is 1. The molecular formula is C60H47BN2OS. The lowest BCUT2D eigenvalue weighted by molar-refractivity contribution is 0.332. The Hall–Kier alpha value is -6.82. The van der Waals surface area contributed by atoms with E-state index in [0.717, 1.165) is 52.7 Å². The van der Waals surface area contributed by atoms with Gasteiger partial charge >= 0.3 is 0 Å². The van der Waals surface area contributed by atoms with E-state index in [9.17, 15) is 0 Å². The molecule has 3 nitrogen and oxygen atoms in total. The van der Waals surface area contributed by atoms with Crippen LogP contribution >= 0.6 is 11.3 Å². The number of aryl methyl sites for hydroxylation is 1. The maximum absolute atomic E-state index is 7.17. The number of nitrogens with one attached hydrogen (secondary N) is 1. The minimum atomic E-state index is -0.504. The van der Waals surface area contributed by atoms with Crippen LogP contribution in [0.1, 0.15) is 79.5 Å². The molecule has 2 aliphatic carbocycles. The maximum atomic E-state index is 7.17. The summed E-state index contributed by atoms with van der Waals surface area (Å²) in [4.78, 5) is 2.63. The Morgan fingerprint density at radius 1 is 0.554 bits per heavy atom.